The number of benzene rings is 2. The summed E-state index contributed by atoms with van der Waals surface area (Å²) in [6.45, 7) is 2.97. The quantitative estimate of drug-likeness (QED) is 0.362. The van der Waals surface area contributed by atoms with Crippen LogP contribution in [0.25, 0.3) is 0 Å². The first kappa shape index (κ1) is 23.2. The van der Waals surface area contributed by atoms with E-state index in [1.54, 1.807) is 19.1 Å². The summed E-state index contributed by atoms with van der Waals surface area (Å²) in [5.41, 5.74) is 0.704. The molecule has 0 radical (unpaired) electrons. The largest absolute Gasteiger partial charge is 0.494 e. The van der Waals surface area contributed by atoms with Crippen molar-refractivity contribution in [3.63, 3.8) is 0 Å². The third-order valence-corrected chi connectivity index (χ3v) is 5.41. The Morgan fingerprint density at radius 1 is 1.22 bits per heavy atom. The highest BCUT2D eigenvalue weighted by Crippen LogP contribution is 2.24. The van der Waals surface area contributed by atoms with E-state index in [9.17, 15) is 24.1 Å². The number of nitro groups is 1. The van der Waals surface area contributed by atoms with Crippen molar-refractivity contribution in [3.05, 3.63) is 69.5 Å². The lowest BCUT2D eigenvalue weighted by Gasteiger charge is -2.24. The van der Waals surface area contributed by atoms with Crippen molar-refractivity contribution in [2.75, 3.05) is 19.7 Å². The first-order chi connectivity index (χ1) is 15.4. The van der Waals surface area contributed by atoms with Gasteiger partial charge < -0.3 is 15.0 Å². The number of rotatable bonds is 9. The lowest BCUT2D eigenvalue weighted by atomic mass is 10.1. The van der Waals surface area contributed by atoms with E-state index < -0.39 is 11.0 Å². The summed E-state index contributed by atoms with van der Waals surface area (Å²) >= 11 is 0. The van der Waals surface area contributed by atoms with Crippen molar-refractivity contribution in [2.45, 2.75) is 38.6 Å². The van der Waals surface area contributed by atoms with Gasteiger partial charge in [0.2, 0.25) is 5.91 Å². The molecule has 3 rings (SSSR count). The van der Waals surface area contributed by atoms with Crippen LogP contribution in [0.2, 0.25) is 0 Å². The topological polar surface area (TPSA) is 102 Å². The molecule has 1 aliphatic heterocycles. The van der Waals surface area contributed by atoms with Crippen LogP contribution in [0.1, 0.15) is 41.6 Å². The molecule has 0 bridgehead atoms. The van der Waals surface area contributed by atoms with Crippen molar-refractivity contribution in [1.82, 2.24) is 10.2 Å². The summed E-state index contributed by atoms with van der Waals surface area (Å²) in [7, 11) is 0. The standard InChI is InChI=1S/C23H26FN3O5/c1-16-15-17(6-11-20(16)27(30)31)23(29)26-13-4-5-21(26)22(28)25-12-2-3-14-32-19-9-7-18(24)8-10-19/h6-11,15,21H,2-5,12-14H2,1H3,(H,25,28). The lowest BCUT2D eigenvalue weighted by molar-refractivity contribution is -0.385. The van der Waals surface area contributed by atoms with Gasteiger partial charge >= 0.3 is 0 Å². The van der Waals surface area contributed by atoms with Crippen molar-refractivity contribution >= 4 is 17.5 Å². The molecule has 9 heteroatoms. The Balaban J connectivity index is 1.45. The highest BCUT2D eigenvalue weighted by Gasteiger charge is 2.34. The number of halogens is 1. The van der Waals surface area contributed by atoms with E-state index in [2.05, 4.69) is 5.32 Å². The molecule has 1 aliphatic rings. The molecular weight excluding hydrogens is 417 g/mol. The molecule has 2 aromatic rings. The van der Waals surface area contributed by atoms with E-state index in [1.165, 1.54) is 35.2 Å². The van der Waals surface area contributed by atoms with Gasteiger partial charge in [-0.1, -0.05) is 0 Å². The minimum Gasteiger partial charge on any atom is -0.494 e. The predicted octanol–water partition coefficient (Wildman–Crippen LogP) is 3.62. The molecule has 1 saturated heterocycles. The molecule has 1 N–H and O–H groups in total. The van der Waals surface area contributed by atoms with Crippen LogP contribution in [-0.2, 0) is 4.79 Å². The second kappa shape index (κ2) is 10.7. The number of carbonyl (C=O) groups excluding carboxylic acids is 2. The Labute approximate surface area is 185 Å². The highest BCUT2D eigenvalue weighted by molar-refractivity contribution is 5.98. The van der Waals surface area contributed by atoms with Crippen molar-refractivity contribution in [2.24, 2.45) is 0 Å². The fourth-order valence-corrected chi connectivity index (χ4v) is 3.72. The maximum atomic E-state index is 12.9. The number of unbranched alkanes of at least 4 members (excludes halogenated alkanes) is 1. The minimum atomic E-state index is -0.548. The molecule has 2 amide bonds. The van der Waals surface area contributed by atoms with Crippen LogP contribution in [0.4, 0.5) is 10.1 Å². The van der Waals surface area contributed by atoms with Gasteiger partial charge in [-0.15, -0.1) is 0 Å². The summed E-state index contributed by atoms with van der Waals surface area (Å²) in [5.74, 6) is -0.220. The second-order valence-corrected chi connectivity index (χ2v) is 7.72. The van der Waals surface area contributed by atoms with Crippen LogP contribution in [-0.4, -0.2) is 47.4 Å². The van der Waals surface area contributed by atoms with Gasteiger partial charge in [-0.3, -0.25) is 19.7 Å². The summed E-state index contributed by atoms with van der Waals surface area (Å²) in [6.07, 6.45) is 2.72. The zero-order valence-corrected chi connectivity index (χ0v) is 17.9. The maximum Gasteiger partial charge on any atom is 0.272 e. The molecule has 2 aromatic carbocycles. The average molecular weight is 443 g/mol. The number of likely N-dealkylation sites (tertiary alicyclic amines) is 1. The Kier molecular flexibility index (Phi) is 7.75. The second-order valence-electron chi connectivity index (χ2n) is 7.72. The molecule has 1 atom stereocenters. The van der Waals surface area contributed by atoms with Gasteiger partial charge in [-0.25, -0.2) is 4.39 Å². The number of hydrogen-bond donors (Lipinski definition) is 1. The van der Waals surface area contributed by atoms with Crippen molar-refractivity contribution in [3.8, 4) is 5.75 Å². The SMILES string of the molecule is Cc1cc(C(=O)N2CCCC2C(=O)NCCCCOc2ccc(F)cc2)ccc1[N+](=O)[O-]. The van der Waals surface area contributed by atoms with E-state index >= 15 is 0 Å². The molecule has 8 nitrogen and oxygen atoms in total. The van der Waals surface area contributed by atoms with Crippen molar-refractivity contribution < 1.29 is 23.6 Å². The molecule has 1 unspecified atom stereocenters. The molecule has 0 spiro atoms. The molecule has 0 saturated carbocycles. The molecule has 0 aromatic heterocycles. The Morgan fingerprint density at radius 3 is 2.66 bits per heavy atom. The van der Waals surface area contributed by atoms with Crippen LogP contribution in [0.15, 0.2) is 42.5 Å². The Morgan fingerprint density at radius 2 is 1.97 bits per heavy atom. The van der Waals surface area contributed by atoms with E-state index in [4.69, 9.17) is 4.74 Å². The van der Waals surface area contributed by atoms with Gasteiger partial charge in [-0.2, -0.15) is 0 Å². The molecule has 170 valence electrons. The molecule has 1 heterocycles. The van der Waals surface area contributed by atoms with Gasteiger partial charge in [-0.05, 0) is 69.0 Å². The molecule has 32 heavy (non-hydrogen) atoms. The molecular formula is C23H26FN3O5. The van der Waals surface area contributed by atoms with Crippen LogP contribution in [0.3, 0.4) is 0 Å². The van der Waals surface area contributed by atoms with Gasteiger partial charge in [0.25, 0.3) is 11.6 Å². The smallest absolute Gasteiger partial charge is 0.272 e. The number of nitro benzene ring substituents is 1. The van der Waals surface area contributed by atoms with E-state index in [0.717, 1.165) is 6.42 Å². The highest BCUT2D eigenvalue weighted by atomic mass is 19.1. The summed E-state index contributed by atoms with van der Waals surface area (Å²) < 4.78 is 18.4. The molecule has 1 fully saturated rings. The first-order valence-corrected chi connectivity index (χ1v) is 10.6. The summed E-state index contributed by atoms with van der Waals surface area (Å²) in [6, 6.07) is 9.50. The van der Waals surface area contributed by atoms with E-state index in [1.807, 2.05) is 0 Å². The minimum absolute atomic E-state index is 0.0410. The van der Waals surface area contributed by atoms with Gasteiger partial charge in [0.1, 0.15) is 17.6 Å². The normalized spacial score (nSPS) is 15.4. The number of ether oxygens (including phenoxy) is 1. The first-order valence-electron chi connectivity index (χ1n) is 10.6. The van der Waals surface area contributed by atoms with Crippen LogP contribution in [0, 0.1) is 22.9 Å². The van der Waals surface area contributed by atoms with E-state index in [-0.39, 0.29) is 23.3 Å². The molecule has 0 aliphatic carbocycles. The number of aryl methyl sites for hydroxylation is 1. The van der Waals surface area contributed by atoms with Gasteiger partial charge in [0.05, 0.1) is 11.5 Å². The Hall–Kier alpha value is -3.49. The Bertz CT molecular complexity index is 980. The fraction of sp³-hybridized carbons (Fsp3) is 0.391. The average Bonchev–Trinajstić information content (AvgIpc) is 3.26. The van der Waals surface area contributed by atoms with Gasteiger partial charge in [0.15, 0.2) is 0 Å². The van der Waals surface area contributed by atoms with Crippen LogP contribution in [0.5, 0.6) is 5.75 Å². The van der Waals surface area contributed by atoms with Gasteiger partial charge in [0, 0.05) is 30.3 Å². The predicted molar refractivity (Wildman–Crippen MR) is 116 cm³/mol. The monoisotopic (exact) mass is 443 g/mol. The third-order valence-electron chi connectivity index (χ3n) is 5.41. The number of nitrogens with one attached hydrogen (secondary N) is 1. The van der Waals surface area contributed by atoms with Crippen LogP contribution < -0.4 is 10.1 Å². The number of carbonyl (C=O) groups is 2. The van der Waals surface area contributed by atoms with Crippen LogP contribution >= 0.6 is 0 Å². The number of amides is 2. The fourth-order valence-electron chi connectivity index (χ4n) is 3.72. The summed E-state index contributed by atoms with van der Waals surface area (Å²) in [5, 5.41) is 13.9. The van der Waals surface area contributed by atoms with Crippen molar-refractivity contribution in [1.29, 1.82) is 0 Å². The summed E-state index contributed by atoms with van der Waals surface area (Å²) in [4.78, 5) is 37.6. The zero-order valence-electron chi connectivity index (χ0n) is 17.9. The lowest BCUT2D eigenvalue weighted by Crippen LogP contribution is -2.46. The maximum absolute atomic E-state index is 12.9. The number of nitrogens with zero attached hydrogens (tertiary/aromatic N) is 2. The third kappa shape index (κ3) is 5.81. The van der Waals surface area contributed by atoms with E-state index in [0.29, 0.717) is 55.8 Å². The zero-order chi connectivity index (χ0) is 23.1. The number of hydrogen-bond acceptors (Lipinski definition) is 5.